The van der Waals surface area contributed by atoms with Crippen LogP contribution in [0.5, 0.6) is 0 Å². The highest BCUT2D eigenvalue weighted by Gasteiger charge is 2.48. The zero-order valence-corrected chi connectivity index (χ0v) is 16.6. The number of ether oxygens (including phenoxy) is 1. The first kappa shape index (κ1) is 19.7. The summed E-state index contributed by atoms with van der Waals surface area (Å²) in [5, 5.41) is -0.346. The van der Waals surface area contributed by atoms with Crippen LogP contribution in [0.25, 0.3) is 0 Å². The largest absolute Gasteiger partial charge is 0.469 e. The average molecular weight is 452 g/mol. The van der Waals surface area contributed by atoms with Gasteiger partial charge in [-0.15, -0.1) is 0 Å². The summed E-state index contributed by atoms with van der Waals surface area (Å²) in [6.45, 7) is 0. The van der Waals surface area contributed by atoms with Gasteiger partial charge in [0.15, 0.2) is 0 Å². The molecule has 26 heavy (non-hydrogen) atoms. The molecular formula is C17H20BrF2NO4S. The molecule has 9 heteroatoms. The number of sulfonamides is 1. The highest BCUT2D eigenvalue weighted by atomic mass is 79.9. The number of nitrogens with one attached hydrogen (secondary N) is 1. The molecule has 144 valence electrons. The lowest BCUT2D eigenvalue weighted by Crippen LogP contribution is -2.39. The molecule has 2 atom stereocenters. The highest BCUT2D eigenvalue weighted by molar-refractivity contribution is 9.10. The topological polar surface area (TPSA) is 72.5 Å². The van der Waals surface area contributed by atoms with E-state index in [0.717, 1.165) is 6.07 Å². The summed E-state index contributed by atoms with van der Waals surface area (Å²) in [7, 11) is -2.13. The number of hydrogen-bond donors (Lipinski definition) is 1. The fourth-order valence-corrected chi connectivity index (χ4v) is 5.64. The Morgan fingerprint density at radius 2 is 2.00 bits per heavy atom. The van der Waals surface area contributed by atoms with E-state index in [1.807, 2.05) is 0 Å². The minimum atomic E-state index is -3.38. The normalized spacial score (nSPS) is 26.1. The van der Waals surface area contributed by atoms with Crippen molar-refractivity contribution in [1.29, 1.82) is 0 Å². The van der Waals surface area contributed by atoms with Gasteiger partial charge in [-0.2, -0.15) is 0 Å². The van der Waals surface area contributed by atoms with Gasteiger partial charge in [-0.1, -0.05) is 0 Å². The van der Waals surface area contributed by atoms with Crippen molar-refractivity contribution in [3.63, 3.8) is 0 Å². The van der Waals surface area contributed by atoms with Gasteiger partial charge in [0.2, 0.25) is 10.0 Å². The van der Waals surface area contributed by atoms with Crippen molar-refractivity contribution < 1.29 is 26.7 Å². The van der Waals surface area contributed by atoms with E-state index in [1.165, 1.54) is 13.2 Å². The van der Waals surface area contributed by atoms with Crippen LogP contribution >= 0.6 is 15.9 Å². The van der Waals surface area contributed by atoms with Gasteiger partial charge in [0.1, 0.15) is 11.6 Å². The molecule has 0 heterocycles. The first-order valence-electron chi connectivity index (χ1n) is 8.40. The van der Waals surface area contributed by atoms with Crippen LogP contribution in [0.15, 0.2) is 16.6 Å². The summed E-state index contributed by atoms with van der Waals surface area (Å²) >= 11 is 3.03. The fraction of sp³-hybridized carbons (Fsp3) is 0.588. The van der Waals surface area contributed by atoms with Gasteiger partial charge in [-0.3, -0.25) is 4.79 Å². The van der Waals surface area contributed by atoms with Crippen LogP contribution in [0.4, 0.5) is 8.78 Å². The fourth-order valence-electron chi connectivity index (χ4n) is 3.63. The number of rotatable bonds is 6. The van der Waals surface area contributed by atoms with Crippen LogP contribution in [0, 0.1) is 17.0 Å². The molecule has 0 unspecified atom stereocenters. The molecule has 1 aromatic carbocycles. The number of benzene rings is 1. The maximum Gasteiger partial charge on any atom is 0.312 e. The third kappa shape index (κ3) is 3.94. The Morgan fingerprint density at radius 1 is 1.31 bits per heavy atom. The lowest BCUT2D eigenvalue weighted by molar-refractivity contribution is -0.152. The van der Waals surface area contributed by atoms with Crippen molar-refractivity contribution in [3.8, 4) is 0 Å². The second-order valence-corrected chi connectivity index (χ2v) is 9.96. The molecule has 1 aromatic rings. The van der Waals surface area contributed by atoms with Crippen LogP contribution in [-0.4, -0.2) is 32.8 Å². The Morgan fingerprint density at radius 3 is 2.62 bits per heavy atom. The molecule has 0 aromatic heterocycles. The molecule has 2 fully saturated rings. The second kappa shape index (κ2) is 7.16. The third-order valence-electron chi connectivity index (χ3n) is 5.14. The van der Waals surface area contributed by atoms with Crippen molar-refractivity contribution in [3.05, 3.63) is 33.8 Å². The number of hydrogen-bond acceptors (Lipinski definition) is 4. The monoisotopic (exact) mass is 451 g/mol. The van der Waals surface area contributed by atoms with Crippen LogP contribution in [0.1, 0.15) is 37.7 Å². The third-order valence-corrected chi connectivity index (χ3v) is 7.76. The maximum absolute atomic E-state index is 14.2. The van der Waals surface area contributed by atoms with Gasteiger partial charge in [0, 0.05) is 12.1 Å². The van der Waals surface area contributed by atoms with E-state index in [4.69, 9.17) is 4.74 Å². The van der Waals surface area contributed by atoms with Crippen LogP contribution in [-0.2, 0) is 26.0 Å². The lowest BCUT2D eigenvalue weighted by atomic mass is 9.79. The zero-order chi connectivity index (χ0) is 19.1. The van der Waals surface area contributed by atoms with E-state index in [1.54, 1.807) is 0 Å². The van der Waals surface area contributed by atoms with Crippen LogP contribution in [0.2, 0.25) is 0 Å². The van der Waals surface area contributed by atoms with Gasteiger partial charge < -0.3 is 4.74 Å². The summed E-state index contributed by atoms with van der Waals surface area (Å²) < 4.78 is 59.7. The molecular weight excluding hydrogens is 432 g/mol. The van der Waals surface area contributed by atoms with Crippen molar-refractivity contribution >= 4 is 31.9 Å². The molecule has 0 aliphatic heterocycles. The van der Waals surface area contributed by atoms with E-state index in [0.29, 0.717) is 25.7 Å². The molecule has 0 saturated heterocycles. The Bertz CT molecular complexity index is 828. The summed E-state index contributed by atoms with van der Waals surface area (Å²) in [5.74, 6) is -1.97. The highest BCUT2D eigenvalue weighted by Crippen LogP contribution is 2.44. The van der Waals surface area contributed by atoms with Crippen LogP contribution in [0.3, 0.4) is 0 Å². The van der Waals surface area contributed by atoms with E-state index in [2.05, 4.69) is 20.7 Å². The van der Waals surface area contributed by atoms with Crippen molar-refractivity contribution in [1.82, 2.24) is 4.72 Å². The van der Waals surface area contributed by atoms with E-state index >= 15 is 0 Å². The molecule has 0 radical (unpaired) electrons. The Kier molecular flexibility index (Phi) is 5.43. The number of carbonyl (C=O) groups excluding carboxylic acids is 1. The van der Waals surface area contributed by atoms with E-state index in [-0.39, 0.29) is 28.1 Å². The average Bonchev–Trinajstić information content (AvgIpc) is 3.36. The standard InChI is InChI=1S/C17H20BrF2NO4S/c1-25-16(22)17(8-10-6-13(18)15(20)7-14(10)19)5-4-11(9-17)21-26(23,24)12-2-3-12/h6-7,11-12,21H,2-5,8-9H2,1H3/t11-,17+/m0/s1. The van der Waals surface area contributed by atoms with E-state index < -0.39 is 39.1 Å². The van der Waals surface area contributed by atoms with Crippen molar-refractivity contribution in [2.45, 2.75) is 49.8 Å². The summed E-state index contributed by atoms with van der Waals surface area (Å²) in [4.78, 5) is 12.5. The second-order valence-electron chi connectivity index (χ2n) is 7.11. The maximum atomic E-state index is 14.2. The van der Waals surface area contributed by atoms with Crippen molar-refractivity contribution in [2.75, 3.05) is 7.11 Å². The van der Waals surface area contributed by atoms with Gasteiger partial charge >= 0.3 is 5.97 Å². The Labute approximate surface area is 159 Å². The smallest absolute Gasteiger partial charge is 0.312 e. The molecule has 2 saturated carbocycles. The number of halogens is 3. The summed E-state index contributed by atoms with van der Waals surface area (Å²) in [6, 6.07) is 1.69. The predicted octanol–water partition coefficient (Wildman–Crippen LogP) is 3.06. The van der Waals surface area contributed by atoms with Crippen molar-refractivity contribution in [2.24, 2.45) is 5.41 Å². The molecule has 0 spiro atoms. The number of esters is 1. The quantitative estimate of drug-likeness (QED) is 0.532. The zero-order valence-electron chi connectivity index (χ0n) is 14.2. The van der Waals surface area contributed by atoms with E-state index in [9.17, 15) is 22.0 Å². The Balaban J connectivity index is 1.82. The first-order chi connectivity index (χ1) is 12.2. The molecule has 0 bridgehead atoms. The summed E-state index contributed by atoms with van der Waals surface area (Å²) in [5.41, 5.74) is -0.849. The SMILES string of the molecule is COC(=O)[C@@]1(Cc2cc(Br)c(F)cc2F)CC[C@H](NS(=O)(=O)C2CC2)C1. The van der Waals surface area contributed by atoms with Gasteiger partial charge in [0.05, 0.1) is 22.2 Å². The molecule has 3 rings (SSSR count). The molecule has 1 N–H and O–H groups in total. The summed E-state index contributed by atoms with van der Waals surface area (Å²) in [6.07, 6.45) is 2.38. The first-order valence-corrected chi connectivity index (χ1v) is 10.7. The number of methoxy groups -OCH3 is 1. The lowest BCUT2D eigenvalue weighted by Gasteiger charge is -2.27. The minimum Gasteiger partial charge on any atom is -0.469 e. The molecule has 2 aliphatic carbocycles. The Hall–Kier alpha value is -1.06. The van der Waals surface area contributed by atoms with Gasteiger partial charge in [-0.25, -0.2) is 21.9 Å². The van der Waals surface area contributed by atoms with Gasteiger partial charge in [-0.05, 0) is 66.1 Å². The minimum absolute atomic E-state index is 0.0199. The molecule has 2 aliphatic rings. The molecule has 0 amide bonds. The van der Waals surface area contributed by atoms with Crippen LogP contribution < -0.4 is 4.72 Å². The predicted molar refractivity (Wildman–Crippen MR) is 94.9 cm³/mol. The molecule has 5 nitrogen and oxygen atoms in total. The van der Waals surface area contributed by atoms with Gasteiger partial charge in [0.25, 0.3) is 0 Å². The number of carbonyl (C=O) groups is 1.